The fraction of sp³-hybridized carbons (Fsp3) is 0.800. The van der Waals surface area contributed by atoms with Crippen molar-refractivity contribution in [3.8, 4) is 12.1 Å². The average Bonchev–Trinajstić information content (AvgIpc) is 2.27. The average molecular weight is 241 g/mol. The topological polar surface area (TPSA) is 93.8 Å². The normalized spacial score (nSPS) is 19.6. The molecule has 0 amide bonds. The van der Waals surface area contributed by atoms with Crippen molar-refractivity contribution in [2.24, 2.45) is 5.92 Å². The lowest BCUT2D eigenvalue weighted by Gasteiger charge is -2.25. The highest BCUT2D eigenvalue weighted by Crippen LogP contribution is 2.26. The van der Waals surface area contributed by atoms with E-state index in [1.54, 1.807) is 6.07 Å². The summed E-state index contributed by atoms with van der Waals surface area (Å²) < 4.78 is 25.0. The van der Waals surface area contributed by atoms with Crippen LogP contribution in [0.2, 0.25) is 0 Å². The third kappa shape index (κ3) is 3.80. The van der Waals surface area contributed by atoms with Crippen molar-refractivity contribution >= 4 is 10.0 Å². The van der Waals surface area contributed by atoms with E-state index < -0.39 is 21.8 Å². The van der Waals surface area contributed by atoms with Gasteiger partial charge in [-0.3, -0.25) is 0 Å². The summed E-state index contributed by atoms with van der Waals surface area (Å²) in [5.74, 6) is -0.495. The molecule has 0 bridgehead atoms. The zero-order valence-corrected chi connectivity index (χ0v) is 9.83. The highest BCUT2D eigenvalue weighted by Gasteiger charge is 2.27. The predicted octanol–water partition coefficient (Wildman–Crippen LogP) is 0.902. The van der Waals surface area contributed by atoms with Crippen LogP contribution in [0.15, 0.2) is 0 Å². The van der Waals surface area contributed by atoms with Crippen LogP contribution in [-0.4, -0.2) is 20.2 Å². The summed E-state index contributed by atoms with van der Waals surface area (Å²) in [7, 11) is -3.63. The van der Waals surface area contributed by atoms with E-state index in [4.69, 9.17) is 10.5 Å². The molecule has 0 radical (unpaired) electrons. The van der Waals surface area contributed by atoms with Gasteiger partial charge >= 0.3 is 0 Å². The maximum Gasteiger partial charge on any atom is 0.226 e. The van der Waals surface area contributed by atoms with E-state index >= 15 is 0 Å². The van der Waals surface area contributed by atoms with E-state index in [1.165, 1.54) is 0 Å². The Morgan fingerprint density at radius 1 is 1.25 bits per heavy atom. The molecule has 6 heteroatoms. The molecule has 0 spiro atoms. The number of nitriles is 2. The van der Waals surface area contributed by atoms with Crippen molar-refractivity contribution in [2.75, 3.05) is 5.75 Å². The molecule has 0 heterocycles. The Bertz CT molecular complexity index is 399. The Labute approximate surface area is 96.1 Å². The van der Waals surface area contributed by atoms with E-state index in [0.717, 1.165) is 32.1 Å². The van der Waals surface area contributed by atoms with Crippen LogP contribution in [0.3, 0.4) is 0 Å². The number of hydrogen-bond acceptors (Lipinski definition) is 4. The third-order valence-electron chi connectivity index (χ3n) is 2.82. The van der Waals surface area contributed by atoms with E-state index in [1.807, 2.05) is 6.07 Å². The fourth-order valence-corrected chi connectivity index (χ4v) is 2.90. The summed E-state index contributed by atoms with van der Waals surface area (Å²) in [5.41, 5.74) is 0. The Kier molecular flexibility index (Phi) is 4.72. The SMILES string of the molecule is N#CCS(=O)(=O)NC(C#N)C1CCCCC1. The maximum atomic E-state index is 11.4. The summed E-state index contributed by atoms with van der Waals surface area (Å²) in [5, 5.41) is 17.3. The van der Waals surface area contributed by atoms with E-state index in [-0.39, 0.29) is 5.92 Å². The van der Waals surface area contributed by atoms with Crippen LogP contribution in [0.1, 0.15) is 32.1 Å². The highest BCUT2D eigenvalue weighted by molar-refractivity contribution is 7.89. The second-order valence-corrected chi connectivity index (χ2v) is 5.79. The molecule has 16 heavy (non-hydrogen) atoms. The Balaban J connectivity index is 2.62. The molecule has 0 aromatic rings. The molecule has 1 saturated carbocycles. The van der Waals surface area contributed by atoms with Crippen molar-refractivity contribution in [3.05, 3.63) is 0 Å². The molecule has 0 aromatic heterocycles. The van der Waals surface area contributed by atoms with Crippen LogP contribution in [-0.2, 0) is 10.0 Å². The van der Waals surface area contributed by atoms with Gasteiger partial charge < -0.3 is 0 Å². The van der Waals surface area contributed by atoms with Gasteiger partial charge in [-0.25, -0.2) is 8.42 Å². The van der Waals surface area contributed by atoms with E-state index in [9.17, 15) is 8.42 Å². The van der Waals surface area contributed by atoms with Crippen molar-refractivity contribution in [3.63, 3.8) is 0 Å². The molecule has 5 nitrogen and oxygen atoms in total. The predicted molar refractivity (Wildman–Crippen MR) is 58.5 cm³/mol. The minimum absolute atomic E-state index is 0.0900. The summed E-state index contributed by atoms with van der Waals surface area (Å²) in [6, 6.07) is 2.89. The Morgan fingerprint density at radius 3 is 2.38 bits per heavy atom. The largest absolute Gasteiger partial charge is 0.226 e. The molecule has 0 aliphatic heterocycles. The molecule has 0 saturated heterocycles. The molecule has 88 valence electrons. The van der Waals surface area contributed by atoms with Gasteiger partial charge in [0.25, 0.3) is 0 Å². The molecular weight excluding hydrogens is 226 g/mol. The van der Waals surface area contributed by atoms with Gasteiger partial charge in [0.15, 0.2) is 5.75 Å². The second-order valence-electron chi connectivity index (χ2n) is 4.04. The van der Waals surface area contributed by atoms with Crippen molar-refractivity contribution in [2.45, 2.75) is 38.1 Å². The van der Waals surface area contributed by atoms with E-state index in [2.05, 4.69) is 4.72 Å². The summed E-state index contributed by atoms with van der Waals surface area (Å²) in [4.78, 5) is 0. The number of rotatable bonds is 4. The lowest BCUT2D eigenvalue weighted by Crippen LogP contribution is -2.40. The smallest absolute Gasteiger partial charge is 0.211 e. The van der Waals surface area contributed by atoms with E-state index in [0.29, 0.717) is 0 Å². The first-order valence-corrected chi connectivity index (χ1v) is 7.01. The highest BCUT2D eigenvalue weighted by atomic mass is 32.2. The van der Waals surface area contributed by atoms with Crippen LogP contribution in [0.25, 0.3) is 0 Å². The van der Waals surface area contributed by atoms with Crippen molar-refractivity contribution in [1.29, 1.82) is 10.5 Å². The zero-order chi connectivity index (χ0) is 12.0. The molecule has 1 fully saturated rings. The van der Waals surface area contributed by atoms with Crippen molar-refractivity contribution < 1.29 is 8.42 Å². The molecule has 1 N–H and O–H groups in total. The third-order valence-corrected chi connectivity index (χ3v) is 3.94. The number of nitrogens with zero attached hydrogens (tertiary/aromatic N) is 2. The molecule has 1 aliphatic rings. The van der Waals surface area contributed by atoms with Gasteiger partial charge in [-0.05, 0) is 18.8 Å². The fourth-order valence-electron chi connectivity index (χ4n) is 2.02. The second kappa shape index (κ2) is 5.83. The first-order valence-electron chi connectivity index (χ1n) is 5.35. The first kappa shape index (κ1) is 13.0. The van der Waals surface area contributed by atoms with Crippen LogP contribution in [0.4, 0.5) is 0 Å². The Hall–Kier alpha value is -1.11. The first-order chi connectivity index (χ1) is 7.59. The zero-order valence-electron chi connectivity index (χ0n) is 9.02. The van der Waals surface area contributed by atoms with Crippen LogP contribution >= 0.6 is 0 Å². The Morgan fingerprint density at radius 2 is 1.88 bits per heavy atom. The monoisotopic (exact) mass is 241 g/mol. The lowest BCUT2D eigenvalue weighted by atomic mass is 9.85. The lowest BCUT2D eigenvalue weighted by molar-refractivity contribution is 0.324. The molecule has 0 aromatic carbocycles. The van der Waals surface area contributed by atoms with Crippen LogP contribution in [0, 0.1) is 28.6 Å². The number of nitrogens with one attached hydrogen (secondary N) is 1. The van der Waals surface area contributed by atoms with Gasteiger partial charge in [0.05, 0.1) is 12.1 Å². The summed E-state index contributed by atoms with van der Waals surface area (Å²) >= 11 is 0. The quantitative estimate of drug-likeness (QED) is 0.791. The van der Waals surface area contributed by atoms with Crippen LogP contribution < -0.4 is 4.72 Å². The van der Waals surface area contributed by atoms with Gasteiger partial charge in [-0.1, -0.05) is 19.3 Å². The summed E-state index contributed by atoms with van der Waals surface area (Å²) in [6.45, 7) is 0. The molecule has 1 unspecified atom stereocenters. The van der Waals surface area contributed by atoms with Gasteiger partial charge in [0, 0.05) is 0 Å². The van der Waals surface area contributed by atoms with Gasteiger partial charge in [0.2, 0.25) is 10.0 Å². The number of hydrogen-bond donors (Lipinski definition) is 1. The molecule has 1 aliphatic carbocycles. The molecule has 1 rings (SSSR count). The minimum atomic E-state index is -3.63. The maximum absolute atomic E-state index is 11.4. The molecule has 1 atom stereocenters. The number of sulfonamides is 1. The molecular formula is C10H15N3O2S. The van der Waals surface area contributed by atoms with Gasteiger partial charge in [0.1, 0.15) is 6.04 Å². The van der Waals surface area contributed by atoms with Gasteiger partial charge in [-0.15, -0.1) is 0 Å². The van der Waals surface area contributed by atoms with Crippen molar-refractivity contribution in [1.82, 2.24) is 4.72 Å². The minimum Gasteiger partial charge on any atom is -0.211 e. The summed E-state index contributed by atoms with van der Waals surface area (Å²) in [6.07, 6.45) is 5.01. The standard InChI is InChI=1S/C10H15N3O2S/c11-6-7-16(14,15)13-10(8-12)9-4-2-1-3-5-9/h9-10,13H,1-5,7H2. The van der Waals surface area contributed by atoms with Gasteiger partial charge in [-0.2, -0.15) is 15.2 Å². The van der Waals surface area contributed by atoms with Crippen LogP contribution in [0.5, 0.6) is 0 Å².